The molecule has 1 aromatic carbocycles. The van der Waals surface area contributed by atoms with Crippen LogP contribution in [0.2, 0.25) is 0 Å². The molecule has 76 valence electrons. The Morgan fingerprint density at radius 1 is 1.29 bits per heavy atom. The van der Waals surface area contributed by atoms with Crippen molar-refractivity contribution in [3.63, 3.8) is 0 Å². The summed E-state index contributed by atoms with van der Waals surface area (Å²) in [5.41, 5.74) is 0. The van der Waals surface area contributed by atoms with Crippen molar-refractivity contribution in [2.45, 2.75) is 26.7 Å². The van der Waals surface area contributed by atoms with Crippen LogP contribution in [-0.4, -0.2) is 15.0 Å². The number of hydrogen-bond acceptors (Lipinski definition) is 0. The zero-order valence-electron chi connectivity index (χ0n) is 8.99. The fraction of sp³-hybridized carbons (Fsp3) is 0.385. The van der Waals surface area contributed by atoms with Crippen molar-refractivity contribution in [2.75, 3.05) is 0 Å². The van der Waals surface area contributed by atoms with Gasteiger partial charge in [-0.15, -0.1) is 0 Å². The molecule has 0 saturated carbocycles. The van der Waals surface area contributed by atoms with E-state index >= 15 is 0 Å². The van der Waals surface area contributed by atoms with E-state index in [2.05, 4.69) is 50.8 Å². The quantitative estimate of drug-likeness (QED) is 0.708. The topological polar surface area (TPSA) is 0 Å². The molecule has 0 radical (unpaired) electrons. The van der Waals surface area contributed by atoms with Gasteiger partial charge in [0, 0.05) is 0 Å². The molecule has 0 nitrogen and oxygen atoms in total. The Morgan fingerprint density at radius 2 is 1.93 bits per heavy atom. The first kappa shape index (κ1) is 11.6. The minimum absolute atomic E-state index is 0.468. The van der Waals surface area contributed by atoms with Crippen LogP contribution >= 0.6 is 0 Å². The fourth-order valence-electron chi connectivity index (χ4n) is 1.16. The molecule has 0 spiro atoms. The summed E-state index contributed by atoms with van der Waals surface area (Å²) in [6.45, 7) is 8.68. The van der Waals surface area contributed by atoms with Crippen LogP contribution in [-0.2, 0) is 0 Å². The van der Waals surface area contributed by atoms with E-state index in [0.29, 0.717) is 15.0 Å². The summed E-state index contributed by atoms with van der Waals surface area (Å²) >= 11 is 0.468. The second kappa shape index (κ2) is 6.06. The van der Waals surface area contributed by atoms with Crippen LogP contribution in [0.15, 0.2) is 41.4 Å². The molecule has 0 unspecified atom stereocenters. The Labute approximate surface area is 93.6 Å². The van der Waals surface area contributed by atoms with Crippen molar-refractivity contribution < 1.29 is 0 Å². The van der Waals surface area contributed by atoms with Crippen LogP contribution < -0.4 is 4.46 Å². The van der Waals surface area contributed by atoms with Crippen molar-refractivity contribution in [2.24, 2.45) is 5.92 Å². The van der Waals surface area contributed by atoms with Gasteiger partial charge in [0.05, 0.1) is 0 Å². The van der Waals surface area contributed by atoms with Gasteiger partial charge in [0.2, 0.25) is 0 Å². The molecule has 0 amide bonds. The Morgan fingerprint density at radius 3 is 2.50 bits per heavy atom. The third-order valence-corrected chi connectivity index (χ3v) is 4.11. The van der Waals surface area contributed by atoms with E-state index in [9.17, 15) is 0 Å². The molecule has 0 aliphatic heterocycles. The van der Waals surface area contributed by atoms with Gasteiger partial charge in [0.15, 0.2) is 0 Å². The van der Waals surface area contributed by atoms with Crippen molar-refractivity contribution in [3.05, 3.63) is 41.4 Å². The molecular formula is C13H18Se. The van der Waals surface area contributed by atoms with Crippen molar-refractivity contribution in [1.29, 1.82) is 0 Å². The van der Waals surface area contributed by atoms with Crippen molar-refractivity contribution in [3.8, 4) is 0 Å². The van der Waals surface area contributed by atoms with Gasteiger partial charge in [0.25, 0.3) is 0 Å². The second-order valence-electron chi connectivity index (χ2n) is 3.89. The van der Waals surface area contributed by atoms with E-state index in [1.54, 1.807) is 0 Å². The Hall–Kier alpha value is -0.521. The molecule has 0 atom stereocenters. The number of rotatable bonds is 5. The van der Waals surface area contributed by atoms with E-state index in [4.69, 9.17) is 0 Å². The van der Waals surface area contributed by atoms with Crippen molar-refractivity contribution in [1.82, 2.24) is 0 Å². The summed E-state index contributed by atoms with van der Waals surface area (Å²) < 4.78 is 2.85. The molecule has 1 heteroatoms. The molecule has 0 aromatic heterocycles. The molecule has 0 saturated heterocycles. The second-order valence-corrected chi connectivity index (χ2v) is 6.51. The van der Waals surface area contributed by atoms with Gasteiger partial charge in [-0.3, -0.25) is 0 Å². The molecule has 0 fully saturated rings. The first-order valence-corrected chi connectivity index (χ1v) is 6.80. The molecule has 0 aliphatic rings. The van der Waals surface area contributed by atoms with Gasteiger partial charge in [-0.25, -0.2) is 0 Å². The zero-order chi connectivity index (χ0) is 10.4. The third-order valence-electron chi connectivity index (χ3n) is 2.01. The summed E-state index contributed by atoms with van der Waals surface area (Å²) in [6, 6.07) is 10.7. The van der Waals surface area contributed by atoms with Crippen LogP contribution in [0.4, 0.5) is 0 Å². The van der Waals surface area contributed by atoms with Gasteiger partial charge in [-0.2, -0.15) is 0 Å². The van der Waals surface area contributed by atoms with Gasteiger partial charge in [0.1, 0.15) is 0 Å². The summed E-state index contributed by atoms with van der Waals surface area (Å²) in [7, 11) is 0. The van der Waals surface area contributed by atoms with E-state index in [1.807, 2.05) is 0 Å². The Kier molecular flexibility index (Phi) is 5.00. The van der Waals surface area contributed by atoms with Crippen LogP contribution in [0.25, 0.3) is 0 Å². The van der Waals surface area contributed by atoms with Crippen LogP contribution in [0, 0.1) is 5.92 Å². The standard InChI is InChI=1S/C13H18Se/c1-11(2)9-10-12(3)14-13-7-5-4-6-8-13/h4-8,11H,3,9-10H2,1-2H3. The van der Waals surface area contributed by atoms with Crippen LogP contribution in [0.1, 0.15) is 26.7 Å². The van der Waals surface area contributed by atoms with Gasteiger partial charge in [-0.1, -0.05) is 0 Å². The Bertz CT molecular complexity index is 275. The summed E-state index contributed by atoms with van der Waals surface area (Å²) in [5, 5.41) is 0. The van der Waals surface area contributed by atoms with Gasteiger partial charge < -0.3 is 0 Å². The molecule has 1 rings (SSSR count). The monoisotopic (exact) mass is 254 g/mol. The minimum atomic E-state index is 0.468. The average molecular weight is 253 g/mol. The normalized spacial score (nSPS) is 10.5. The number of benzene rings is 1. The molecule has 0 aliphatic carbocycles. The molecule has 0 N–H and O–H groups in total. The molecular weight excluding hydrogens is 235 g/mol. The maximum absolute atomic E-state index is 4.15. The van der Waals surface area contributed by atoms with Gasteiger partial charge in [-0.05, 0) is 0 Å². The van der Waals surface area contributed by atoms with Crippen molar-refractivity contribution >= 4 is 19.4 Å². The summed E-state index contributed by atoms with van der Waals surface area (Å²) in [5.74, 6) is 0.790. The zero-order valence-corrected chi connectivity index (χ0v) is 10.7. The summed E-state index contributed by atoms with van der Waals surface area (Å²) in [4.78, 5) is 0. The van der Waals surface area contributed by atoms with Crippen LogP contribution in [0.3, 0.4) is 0 Å². The fourth-order valence-corrected chi connectivity index (χ4v) is 2.93. The average Bonchev–Trinajstić information content (AvgIpc) is 2.16. The summed E-state index contributed by atoms with van der Waals surface area (Å²) in [6.07, 6.45) is 2.46. The number of allylic oxidation sites excluding steroid dienone is 1. The number of hydrogen-bond donors (Lipinski definition) is 0. The molecule has 1 aromatic rings. The first-order chi connectivity index (χ1) is 6.68. The molecule has 0 heterocycles. The van der Waals surface area contributed by atoms with E-state index < -0.39 is 0 Å². The van der Waals surface area contributed by atoms with E-state index in [-0.39, 0.29) is 0 Å². The first-order valence-electron chi connectivity index (χ1n) is 5.09. The Balaban J connectivity index is 2.35. The predicted octanol–water partition coefficient (Wildman–Crippen LogP) is 2.97. The van der Waals surface area contributed by atoms with E-state index in [0.717, 1.165) is 5.92 Å². The SMILES string of the molecule is C=C(CCC(C)C)[Se]c1ccccc1. The maximum atomic E-state index is 4.15. The molecule has 0 bridgehead atoms. The van der Waals surface area contributed by atoms with Gasteiger partial charge >= 0.3 is 93.4 Å². The van der Waals surface area contributed by atoms with Crippen LogP contribution in [0.5, 0.6) is 0 Å². The predicted molar refractivity (Wildman–Crippen MR) is 65.0 cm³/mol. The third kappa shape index (κ3) is 4.64. The van der Waals surface area contributed by atoms with E-state index in [1.165, 1.54) is 21.8 Å². The molecule has 14 heavy (non-hydrogen) atoms.